The van der Waals surface area contributed by atoms with Gasteiger partial charge in [0.05, 0.1) is 0 Å². The molecule has 0 saturated carbocycles. The van der Waals surface area contributed by atoms with Crippen molar-refractivity contribution in [3.8, 4) is 6.07 Å². The Balaban J connectivity index is 3.06. The van der Waals surface area contributed by atoms with E-state index in [2.05, 4.69) is 0 Å². The lowest BCUT2D eigenvalue weighted by molar-refractivity contribution is 0.576. The topological polar surface area (TPSA) is 66.2 Å². The molecule has 0 unspecified atom stereocenters. The van der Waals surface area contributed by atoms with Gasteiger partial charge in [0.25, 0.3) is 0 Å². The number of hydrogen-bond acceptors (Lipinski definition) is 4. The number of hydrogen-bond donors (Lipinski definition) is 1. The van der Waals surface area contributed by atoms with E-state index >= 15 is 0 Å². The van der Waals surface area contributed by atoms with E-state index in [0.717, 1.165) is 6.54 Å². The van der Waals surface area contributed by atoms with Crippen LogP contribution in [0.2, 0.25) is 0 Å². The second kappa shape index (κ2) is 3.18. The third-order valence-electron chi connectivity index (χ3n) is 1.67. The van der Waals surface area contributed by atoms with Crippen LogP contribution in [0.25, 0.3) is 0 Å². The first-order valence-corrected chi connectivity index (χ1v) is 3.69. The normalized spacial score (nSPS) is 9.42. The van der Waals surface area contributed by atoms with Gasteiger partial charge in [-0.05, 0) is 6.92 Å². The van der Waals surface area contributed by atoms with Gasteiger partial charge < -0.3 is 15.1 Å². The van der Waals surface area contributed by atoms with Gasteiger partial charge in [0.1, 0.15) is 11.6 Å². The smallest absolute Gasteiger partial charge is 0.215 e. The van der Waals surface area contributed by atoms with Crippen molar-refractivity contribution in [2.45, 2.75) is 6.92 Å². The summed E-state index contributed by atoms with van der Waals surface area (Å²) in [6.45, 7) is 2.75. The van der Waals surface area contributed by atoms with Crippen molar-refractivity contribution in [1.29, 1.82) is 5.26 Å². The van der Waals surface area contributed by atoms with Crippen LogP contribution in [0.4, 0.5) is 11.8 Å². The van der Waals surface area contributed by atoms with Gasteiger partial charge in [-0.15, -0.1) is 0 Å². The van der Waals surface area contributed by atoms with E-state index in [4.69, 9.17) is 15.4 Å². The van der Waals surface area contributed by atoms with E-state index in [0.29, 0.717) is 11.4 Å². The summed E-state index contributed by atoms with van der Waals surface area (Å²) in [4.78, 5) is 1.83. The SMILES string of the molecule is CCN(C)c1oc(N)cc1C#N. The van der Waals surface area contributed by atoms with Crippen molar-refractivity contribution in [2.24, 2.45) is 0 Å². The summed E-state index contributed by atoms with van der Waals surface area (Å²) in [5.41, 5.74) is 5.89. The first kappa shape index (κ1) is 8.47. The standard InChI is InChI=1S/C8H11N3O/c1-3-11(2)8-6(5-9)4-7(10)12-8/h4H,3,10H2,1-2H3. The third-order valence-corrected chi connectivity index (χ3v) is 1.67. The second-order valence-corrected chi connectivity index (χ2v) is 2.49. The number of nitrogens with zero attached hydrogens (tertiary/aromatic N) is 2. The van der Waals surface area contributed by atoms with E-state index in [9.17, 15) is 0 Å². The second-order valence-electron chi connectivity index (χ2n) is 2.49. The summed E-state index contributed by atoms with van der Waals surface area (Å²) in [5.74, 6) is 0.819. The molecule has 1 heterocycles. The molecule has 0 atom stereocenters. The molecule has 4 heteroatoms. The summed E-state index contributed by atoms with van der Waals surface area (Å²) in [6, 6.07) is 3.55. The predicted molar refractivity (Wildman–Crippen MR) is 46.8 cm³/mol. The van der Waals surface area contributed by atoms with E-state index in [-0.39, 0.29) is 5.88 Å². The monoisotopic (exact) mass is 165 g/mol. The number of nitrogens with two attached hydrogens (primary N) is 1. The molecule has 0 bridgehead atoms. The molecule has 0 saturated heterocycles. The Hall–Kier alpha value is -1.63. The van der Waals surface area contributed by atoms with Crippen LogP contribution in [0.15, 0.2) is 10.5 Å². The van der Waals surface area contributed by atoms with Crippen molar-refractivity contribution in [2.75, 3.05) is 24.2 Å². The van der Waals surface area contributed by atoms with Crippen LogP contribution in [-0.2, 0) is 0 Å². The van der Waals surface area contributed by atoms with Gasteiger partial charge in [0.2, 0.25) is 5.88 Å². The Morgan fingerprint density at radius 3 is 2.92 bits per heavy atom. The molecule has 0 aliphatic carbocycles. The van der Waals surface area contributed by atoms with Gasteiger partial charge in [-0.2, -0.15) is 5.26 Å². The molecule has 64 valence electrons. The van der Waals surface area contributed by atoms with Gasteiger partial charge in [-0.3, -0.25) is 0 Å². The first-order valence-electron chi connectivity index (χ1n) is 3.69. The van der Waals surface area contributed by atoms with Gasteiger partial charge in [-0.25, -0.2) is 0 Å². The number of nitriles is 1. The number of rotatable bonds is 2. The zero-order chi connectivity index (χ0) is 9.14. The molecular formula is C8H11N3O. The van der Waals surface area contributed by atoms with E-state index < -0.39 is 0 Å². The molecule has 1 aromatic rings. The van der Waals surface area contributed by atoms with Crippen LogP contribution in [-0.4, -0.2) is 13.6 Å². The lowest BCUT2D eigenvalue weighted by Gasteiger charge is -2.12. The molecule has 4 nitrogen and oxygen atoms in total. The van der Waals surface area contributed by atoms with Crippen molar-refractivity contribution < 1.29 is 4.42 Å². The van der Waals surface area contributed by atoms with Crippen LogP contribution >= 0.6 is 0 Å². The molecule has 0 aromatic carbocycles. The summed E-state index contributed by atoms with van der Waals surface area (Å²) in [6.07, 6.45) is 0. The third kappa shape index (κ3) is 1.35. The average Bonchev–Trinajstić information content (AvgIpc) is 2.45. The Labute approximate surface area is 71.2 Å². The van der Waals surface area contributed by atoms with Crippen LogP contribution in [0.1, 0.15) is 12.5 Å². The molecule has 0 aliphatic heterocycles. The average molecular weight is 165 g/mol. The molecule has 0 radical (unpaired) electrons. The van der Waals surface area contributed by atoms with Crippen LogP contribution in [0.3, 0.4) is 0 Å². The highest BCUT2D eigenvalue weighted by Gasteiger charge is 2.11. The van der Waals surface area contributed by atoms with Crippen molar-refractivity contribution in [1.82, 2.24) is 0 Å². The molecule has 0 spiro atoms. The number of furan rings is 1. The minimum atomic E-state index is 0.279. The van der Waals surface area contributed by atoms with Gasteiger partial charge in [0.15, 0.2) is 5.88 Å². The summed E-state index contributed by atoms with van der Waals surface area (Å²) in [5, 5.41) is 8.68. The van der Waals surface area contributed by atoms with Crippen molar-refractivity contribution in [3.05, 3.63) is 11.6 Å². The Bertz CT molecular complexity index is 311. The molecule has 0 amide bonds. The minimum absolute atomic E-state index is 0.279. The first-order chi connectivity index (χ1) is 5.69. The van der Waals surface area contributed by atoms with Crippen LogP contribution in [0.5, 0.6) is 0 Å². The Morgan fingerprint density at radius 2 is 2.42 bits per heavy atom. The Kier molecular flexibility index (Phi) is 2.24. The zero-order valence-corrected chi connectivity index (χ0v) is 7.16. The lowest BCUT2D eigenvalue weighted by atomic mass is 10.3. The quantitative estimate of drug-likeness (QED) is 0.714. The summed E-state index contributed by atoms with van der Waals surface area (Å²) < 4.78 is 5.14. The predicted octanol–water partition coefficient (Wildman–Crippen LogP) is 1.19. The molecular weight excluding hydrogens is 154 g/mol. The molecule has 0 aliphatic rings. The Morgan fingerprint density at radius 1 is 1.75 bits per heavy atom. The maximum Gasteiger partial charge on any atom is 0.215 e. The number of nitrogen functional groups attached to an aromatic ring is 1. The van der Waals surface area contributed by atoms with E-state index in [1.807, 2.05) is 24.9 Å². The lowest BCUT2D eigenvalue weighted by Crippen LogP contribution is -2.15. The van der Waals surface area contributed by atoms with Crippen molar-refractivity contribution >= 4 is 11.8 Å². The molecule has 0 fully saturated rings. The van der Waals surface area contributed by atoms with E-state index in [1.54, 1.807) is 0 Å². The maximum absolute atomic E-state index is 8.68. The zero-order valence-electron chi connectivity index (χ0n) is 7.16. The molecule has 12 heavy (non-hydrogen) atoms. The van der Waals surface area contributed by atoms with Gasteiger partial charge in [-0.1, -0.05) is 0 Å². The van der Waals surface area contributed by atoms with Crippen LogP contribution in [0, 0.1) is 11.3 Å². The minimum Gasteiger partial charge on any atom is -0.424 e. The van der Waals surface area contributed by atoms with Gasteiger partial charge >= 0.3 is 0 Å². The largest absolute Gasteiger partial charge is 0.424 e. The summed E-state index contributed by atoms with van der Waals surface area (Å²) >= 11 is 0. The fourth-order valence-corrected chi connectivity index (χ4v) is 0.907. The van der Waals surface area contributed by atoms with Crippen LogP contribution < -0.4 is 10.6 Å². The molecule has 1 rings (SSSR count). The summed E-state index contributed by atoms with van der Waals surface area (Å²) in [7, 11) is 1.85. The fourth-order valence-electron chi connectivity index (χ4n) is 0.907. The maximum atomic E-state index is 8.68. The fraction of sp³-hybridized carbons (Fsp3) is 0.375. The molecule has 1 aromatic heterocycles. The van der Waals surface area contributed by atoms with E-state index in [1.165, 1.54) is 6.07 Å². The number of anilines is 2. The highest BCUT2D eigenvalue weighted by Crippen LogP contribution is 2.24. The van der Waals surface area contributed by atoms with Gasteiger partial charge in [0, 0.05) is 19.7 Å². The molecule has 2 N–H and O–H groups in total. The highest BCUT2D eigenvalue weighted by atomic mass is 16.4. The van der Waals surface area contributed by atoms with Crippen molar-refractivity contribution in [3.63, 3.8) is 0 Å². The highest BCUT2D eigenvalue weighted by molar-refractivity contribution is 5.56.